The van der Waals surface area contributed by atoms with Gasteiger partial charge in [-0.25, -0.2) is 9.59 Å². The van der Waals surface area contributed by atoms with E-state index >= 15 is 0 Å². The van der Waals surface area contributed by atoms with Crippen molar-refractivity contribution in [1.29, 1.82) is 0 Å². The van der Waals surface area contributed by atoms with Crippen LogP contribution < -0.4 is 5.69 Å². The van der Waals surface area contributed by atoms with Crippen LogP contribution in [0.2, 0.25) is 5.02 Å². The van der Waals surface area contributed by atoms with E-state index < -0.39 is 12.0 Å². The lowest BCUT2D eigenvalue weighted by Gasteiger charge is -2.17. The van der Waals surface area contributed by atoms with Crippen LogP contribution >= 0.6 is 11.6 Å². The molecule has 0 aliphatic carbocycles. The number of benzene rings is 2. The van der Waals surface area contributed by atoms with Gasteiger partial charge in [-0.2, -0.15) is 0 Å². The molecule has 0 aliphatic rings. The Kier molecular flexibility index (Phi) is 4.21. The van der Waals surface area contributed by atoms with Crippen LogP contribution in [0.15, 0.2) is 53.3 Å². The highest BCUT2D eigenvalue weighted by Crippen LogP contribution is 2.24. The number of imidazole rings is 1. The van der Waals surface area contributed by atoms with Gasteiger partial charge in [0, 0.05) is 5.02 Å². The molecule has 3 rings (SSSR count). The predicted molar refractivity (Wildman–Crippen MR) is 88.8 cm³/mol. The zero-order chi connectivity index (χ0) is 16.4. The molecule has 5 nitrogen and oxygen atoms in total. The van der Waals surface area contributed by atoms with Crippen molar-refractivity contribution < 1.29 is 9.53 Å². The van der Waals surface area contributed by atoms with Gasteiger partial charge >= 0.3 is 11.7 Å². The maximum atomic E-state index is 12.5. The molecule has 0 amide bonds. The number of fused-ring (bicyclic) bond motifs is 1. The number of hydrogen-bond donors (Lipinski definition) is 1. The Balaban J connectivity index is 2.23. The van der Waals surface area contributed by atoms with Gasteiger partial charge < -0.3 is 9.72 Å². The molecular formula is C17H15ClN2O3. The van der Waals surface area contributed by atoms with Crippen LogP contribution in [0, 0.1) is 0 Å². The summed E-state index contributed by atoms with van der Waals surface area (Å²) < 4.78 is 6.57. The van der Waals surface area contributed by atoms with Gasteiger partial charge in [0.15, 0.2) is 6.04 Å². The summed E-state index contributed by atoms with van der Waals surface area (Å²) in [5.74, 6) is -0.475. The van der Waals surface area contributed by atoms with Crippen LogP contribution in [-0.4, -0.2) is 22.1 Å². The molecule has 118 valence electrons. The molecule has 1 N–H and O–H groups in total. The normalized spacial score (nSPS) is 12.3. The number of H-pyrrole nitrogens is 1. The fourth-order valence-electron chi connectivity index (χ4n) is 2.61. The second-order valence-corrected chi connectivity index (χ2v) is 5.46. The van der Waals surface area contributed by atoms with Gasteiger partial charge in [-0.15, -0.1) is 0 Å². The summed E-state index contributed by atoms with van der Waals surface area (Å²) in [4.78, 5) is 27.6. The summed E-state index contributed by atoms with van der Waals surface area (Å²) in [7, 11) is 0. The standard InChI is InChI=1S/C17H15ClN2O3/c1-2-23-16(21)15(11-6-4-3-5-7-11)20-14-9-8-12(18)10-13(14)19-17(20)22/h3-10,15H,2H2,1H3,(H,19,22). The monoisotopic (exact) mass is 330 g/mol. The Morgan fingerprint density at radius 2 is 2.00 bits per heavy atom. The van der Waals surface area contributed by atoms with Crippen molar-refractivity contribution in [2.45, 2.75) is 13.0 Å². The number of carbonyl (C=O) groups is 1. The fraction of sp³-hybridized carbons (Fsp3) is 0.176. The van der Waals surface area contributed by atoms with Gasteiger partial charge in [0.2, 0.25) is 0 Å². The number of halogens is 1. The van der Waals surface area contributed by atoms with Gasteiger partial charge in [-0.3, -0.25) is 4.57 Å². The average Bonchev–Trinajstić information content (AvgIpc) is 2.84. The molecule has 0 fully saturated rings. The Bertz CT molecular complexity index is 899. The first-order valence-electron chi connectivity index (χ1n) is 7.23. The summed E-state index contributed by atoms with van der Waals surface area (Å²) >= 11 is 5.97. The number of rotatable bonds is 4. The van der Waals surface area contributed by atoms with Crippen LogP contribution in [-0.2, 0) is 9.53 Å². The molecule has 1 heterocycles. The molecule has 0 saturated heterocycles. The van der Waals surface area contributed by atoms with Gasteiger partial charge in [0.25, 0.3) is 0 Å². The molecule has 0 spiro atoms. The average molecular weight is 331 g/mol. The van der Waals surface area contributed by atoms with E-state index in [4.69, 9.17) is 16.3 Å². The molecule has 1 atom stereocenters. The second-order valence-electron chi connectivity index (χ2n) is 5.03. The highest BCUT2D eigenvalue weighted by molar-refractivity contribution is 6.31. The number of aromatic nitrogens is 2. The minimum absolute atomic E-state index is 0.241. The summed E-state index contributed by atoms with van der Waals surface area (Å²) in [5.41, 5.74) is 1.47. The Morgan fingerprint density at radius 1 is 1.26 bits per heavy atom. The van der Waals surface area contributed by atoms with Gasteiger partial charge in [0.1, 0.15) is 0 Å². The lowest BCUT2D eigenvalue weighted by molar-refractivity contribution is -0.145. The SMILES string of the molecule is CCOC(=O)C(c1ccccc1)n1c(=O)[nH]c2cc(Cl)ccc21. The fourth-order valence-corrected chi connectivity index (χ4v) is 2.78. The molecule has 0 aliphatic heterocycles. The zero-order valence-corrected chi connectivity index (χ0v) is 13.2. The van der Waals surface area contributed by atoms with Crippen LogP contribution in [0.25, 0.3) is 11.0 Å². The molecule has 23 heavy (non-hydrogen) atoms. The maximum Gasteiger partial charge on any atom is 0.333 e. The van der Waals surface area contributed by atoms with Gasteiger partial charge in [-0.1, -0.05) is 41.9 Å². The van der Waals surface area contributed by atoms with Crippen molar-refractivity contribution in [3.05, 3.63) is 69.6 Å². The Hall–Kier alpha value is -2.53. The highest BCUT2D eigenvalue weighted by atomic mass is 35.5. The minimum atomic E-state index is -0.849. The number of ether oxygens (including phenoxy) is 1. The molecule has 0 saturated carbocycles. The first kappa shape index (κ1) is 15.4. The van der Waals surface area contributed by atoms with Gasteiger partial charge in [0.05, 0.1) is 17.6 Å². The topological polar surface area (TPSA) is 64.1 Å². The number of nitrogens with zero attached hydrogens (tertiary/aromatic N) is 1. The molecule has 3 aromatic rings. The van der Waals surface area contributed by atoms with E-state index in [-0.39, 0.29) is 12.3 Å². The van der Waals surface area contributed by atoms with E-state index in [1.54, 1.807) is 37.3 Å². The summed E-state index contributed by atoms with van der Waals surface area (Å²) in [6.45, 7) is 1.98. The van der Waals surface area contributed by atoms with Crippen molar-refractivity contribution in [3.8, 4) is 0 Å². The quantitative estimate of drug-likeness (QED) is 0.747. The first-order valence-corrected chi connectivity index (χ1v) is 7.61. The number of aromatic amines is 1. The number of hydrogen-bond acceptors (Lipinski definition) is 3. The van der Waals surface area contributed by atoms with Crippen LogP contribution in [0.3, 0.4) is 0 Å². The summed E-state index contributed by atoms with van der Waals surface area (Å²) in [6, 6.07) is 13.3. The van der Waals surface area contributed by atoms with Crippen molar-refractivity contribution in [1.82, 2.24) is 9.55 Å². The van der Waals surface area contributed by atoms with Crippen LogP contribution in [0.4, 0.5) is 0 Å². The number of nitrogens with one attached hydrogen (secondary N) is 1. The summed E-state index contributed by atoms with van der Waals surface area (Å²) in [5, 5.41) is 0.512. The zero-order valence-electron chi connectivity index (χ0n) is 12.5. The number of esters is 1. The molecule has 0 radical (unpaired) electrons. The molecule has 6 heteroatoms. The lowest BCUT2D eigenvalue weighted by Crippen LogP contribution is -2.30. The van der Waals surface area contributed by atoms with Crippen molar-refractivity contribution in [2.75, 3.05) is 6.61 Å². The van der Waals surface area contributed by atoms with Crippen LogP contribution in [0.1, 0.15) is 18.5 Å². The second kappa shape index (κ2) is 6.30. The smallest absolute Gasteiger partial charge is 0.333 e. The third kappa shape index (κ3) is 2.87. The molecular weight excluding hydrogens is 316 g/mol. The van der Waals surface area contributed by atoms with Crippen molar-refractivity contribution >= 4 is 28.6 Å². The first-order chi connectivity index (χ1) is 11.1. The minimum Gasteiger partial charge on any atom is -0.464 e. The van der Waals surface area contributed by atoms with E-state index in [2.05, 4.69) is 4.98 Å². The third-order valence-electron chi connectivity index (χ3n) is 3.56. The molecule has 0 bridgehead atoms. The van der Waals surface area contributed by atoms with E-state index in [0.29, 0.717) is 21.6 Å². The number of carbonyl (C=O) groups excluding carboxylic acids is 1. The van der Waals surface area contributed by atoms with Crippen molar-refractivity contribution in [2.24, 2.45) is 0 Å². The Labute approximate surface area is 137 Å². The van der Waals surface area contributed by atoms with Crippen LogP contribution in [0.5, 0.6) is 0 Å². The summed E-state index contributed by atoms with van der Waals surface area (Å²) in [6.07, 6.45) is 0. The lowest BCUT2D eigenvalue weighted by atomic mass is 10.1. The van der Waals surface area contributed by atoms with E-state index in [1.807, 2.05) is 18.2 Å². The van der Waals surface area contributed by atoms with E-state index in [0.717, 1.165) is 0 Å². The van der Waals surface area contributed by atoms with E-state index in [1.165, 1.54) is 4.57 Å². The van der Waals surface area contributed by atoms with Gasteiger partial charge in [-0.05, 0) is 30.7 Å². The van der Waals surface area contributed by atoms with Crippen molar-refractivity contribution in [3.63, 3.8) is 0 Å². The molecule has 1 aromatic heterocycles. The molecule has 1 unspecified atom stereocenters. The Morgan fingerprint density at radius 3 is 2.70 bits per heavy atom. The van der Waals surface area contributed by atoms with E-state index in [9.17, 15) is 9.59 Å². The largest absolute Gasteiger partial charge is 0.464 e. The predicted octanol–water partition coefficient (Wildman–Crippen LogP) is 3.14. The molecule has 2 aromatic carbocycles. The maximum absolute atomic E-state index is 12.5. The highest BCUT2D eigenvalue weighted by Gasteiger charge is 2.27. The third-order valence-corrected chi connectivity index (χ3v) is 3.80.